The summed E-state index contributed by atoms with van der Waals surface area (Å²) in [5, 5.41) is 0. The average Bonchev–Trinajstić information content (AvgIpc) is 2.64. The first-order valence-corrected chi connectivity index (χ1v) is 5.28. The number of aryl methyl sites for hydroxylation is 1. The summed E-state index contributed by atoms with van der Waals surface area (Å²) in [4.78, 5) is 13.7. The molecule has 0 saturated carbocycles. The number of furan rings is 1. The second kappa shape index (κ2) is 5.37. The molecule has 90 valence electrons. The monoisotopic (exact) mass is 244 g/mol. The van der Waals surface area contributed by atoms with Gasteiger partial charge in [-0.15, -0.1) is 12.4 Å². The first-order valence-electron chi connectivity index (χ1n) is 5.28. The van der Waals surface area contributed by atoms with Gasteiger partial charge in [-0.1, -0.05) is 0 Å². The molecule has 1 aliphatic heterocycles. The number of piperidine rings is 1. The zero-order valence-corrected chi connectivity index (χ0v) is 10.1. The Morgan fingerprint density at radius 2 is 2.31 bits per heavy atom. The molecule has 1 amide bonds. The molecule has 0 bridgehead atoms. The SMILES string of the molecule is Cc1ccc(C(=O)N2CCC[C@@H](N)C2)o1.Cl. The van der Waals surface area contributed by atoms with Crippen LogP contribution in [0, 0.1) is 6.92 Å². The number of carbonyl (C=O) groups excluding carboxylic acids is 1. The van der Waals surface area contributed by atoms with E-state index in [9.17, 15) is 4.79 Å². The van der Waals surface area contributed by atoms with E-state index < -0.39 is 0 Å². The highest BCUT2D eigenvalue weighted by Gasteiger charge is 2.23. The molecular formula is C11H17ClN2O2. The Morgan fingerprint density at radius 1 is 1.56 bits per heavy atom. The van der Waals surface area contributed by atoms with Gasteiger partial charge in [0, 0.05) is 19.1 Å². The second-order valence-electron chi connectivity index (χ2n) is 4.06. The van der Waals surface area contributed by atoms with Gasteiger partial charge in [0.15, 0.2) is 5.76 Å². The molecule has 0 aromatic carbocycles. The lowest BCUT2D eigenvalue weighted by Crippen LogP contribution is -2.45. The molecule has 5 heteroatoms. The highest BCUT2D eigenvalue weighted by molar-refractivity contribution is 5.91. The minimum absolute atomic E-state index is 0. The first kappa shape index (κ1) is 13.1. The lowest BCUT2D eigenvalue weighted by molar-refractivity contribution is 0.0675. The number of nitrogens with zero attached hydrogens (tertiary/aromatic N) is 1. The van der Waals surface area contributed by atoms with Crippen molar-refractivity contribution in [3.8, 4) is 0 Å². The summed E-state index contributed by atoms with van der Waals surface area (Å²) in [5.41, 5.74) is 5.82. The summed E-state index contributed by atoms with van der Waals surface area (Å²) in [6, 6.07) is 3.63. The number of hydrogen-bond acceptors (Lipinski definition) is 3. The average molecular weight is 245 g/mol. The Morgan fingerprint density at radius 3 is 2.88 bits per heavy atom. The Labute approximate surface area is 101 Å². The predicted molar refractivity (Wildman–Crippen MR) is 63.8 cm³/mol. The second-order valence-corrected chi connectivity index (χ2v) is 4.06. The van der Waals surface area contributed by atoms with E-state index in [0.717, 1.165) is 25.1 Å². The van der Waals surface area contributed by atoms with Crippen LogP contribution in [0.25, 0.3) is 0 Å². The highest BCUT2D eigenvalue weighted by Crippen LogP contribution is 2.14. The van der Waals surface area contributed by atoms with Crippen molar-refractivity contribution in [1.82, 2.24) is 4.90 Å². The van der Waals surface area contributed by atoms with Crippen molar-refractivity contribution in [1.29, 1.82) is 0 Å². The molecule has 1 aliphatic rings. The Kier molecular flexibility index (Phi) is 4.38. The largest absolute Gasteiger partial charge is 0.456 e. The normalized spacial score (nSPS) is 20.4. The van der Waals surface area contributed by atoms with Crippen LogP contribution in [0.1, 0.15) is 29.2 Å². The van der Waals surface area contributed by atoms with Crippen LogP contribution in [0.15, 0.2) is 16.5 Å². The fourth-order valence-corrected chi connectivity index (χ4v) is 1.90. The van der Waals surface area contributed by atoms with Crippen LogP contribution >= 0.6 is 12.4 Å². The van der Waals surface area contributed by atoms with Gasteiger partial charge >= 0.3 is 0 Å². The summed E-state index contributed by atoms with van der Waals surface area (Å²) < 4.78 is 5.30. The minimum Gasteiger partial charge on any atom is -0.456 e. The van der Waals surface area contributed by atoms with E-state index in [4.69, 9.17) is 10.2 Å². The molecule has 2 heterocycles. The van der Waals surface area contributed by atoms with Crippen molar-refractivity contribution in [3.05, 3.63) is 23.7 Å². The molecule has 1 aromatic heterocycles. The van der Waals surface area contributed by atoms with E-state index >= 15 is 0 Å². The lowest BCUT2D eigenvalue weighted by atomic mass is 10.1. The van der Waals surface area contributed by atoms with Crippen LogP contribution in [0.3, 0.4) is 0 Å². The number of hydrogen-bond donors (Lipinski definition) is 1. The minimum atomic E-state index is -0.0433. The van der Waals surface area contributed by atoms with Crippen LogP contribution in [0.4, 0.5) is 0 Å². The van der Waals surface area contributed by atoms with Crippen molar-refractivity contribution in [3.63, 3.8) is 0 Å². The smallest absolute Gasteiger partial charge is 0.289 e. The predicted octanol–water partition coefficient (Wildman–Crippen LogP) is 1.57. The zero-order valence-electron chi connectivity index (χ0n) is 9.31. The van der Waals surface area contributed by atoms with Gasteiger partial charge in [-0.25, -0.2) is 0 Å². The Bertz CT molecular complexity index is 365. The molecular weight excluding hydrogens is 228 g/mol. The van der Waals surface area contributed by atoms with Gasteiger partial charge in [-0.3, -0.25) is 4.79 Å². The topological polar surface area (TPSA) is 59.5 Å². The molecule has 2 N–H and O–H groups in total. The maximum Gasteiger partial charge on any atom is 0.289 e. The number of halogens is 1. The summed E-state index contributed by atoms with van der Waals surface area (Å²) in [7, 11) is 0. The van der Waals surface area contributed by atoms with Crippen LogP contribution < -0.4 is 5.73 Å². The number of nitrogens with two attached hydrogens (primary N) is 1. The summed E-state index contributed by atoms with van der Waals surface area (Å²) >= 11 is 0. The summed E-state index contributed by atoms with van der Waals surface area (Å²) in [6.45, 7) is 3.25. The first-order chi connectivity index (χ1) is 7.16. The molecule has 0 unspecified atom stereocenters. The Balaban J connectivity index is 0.00000128. The molecule has 1 atom stereocenters. The number of carbonyl (C=O) groups is 1. The number of amides is 1. The van der Waals surface area contributed by atoms with Gasteiger partial charge in [0.25, 0.3) is 5.91 Å². The van der Waals surface area contributed by atoms with Crippen molar-refractivity contribution in [2.75, 3.05) is 13.1 Å². The standard InChI is InChI=1S/C11H16N2O2.ClH/c1-8-4-5-10(15-8)11(14)13-6-2-3-9(12)7-13;/h4-5,9H,2-3,6-7,12H2,1H3;1H/t9-;/m1./s1. The third kappa shape index (κ3) is 2.77. The van der Waals surface area contributed by atoms with E-state index in [-0.39, 0.29) is 24.4 Å². The molecule has 1 saturated heterocycles. The molecule has 0 radical (unpaired) electrons. The van der Waals surface area contributed by atoms with E-state index in [2.05, 4.69) is 0 Å². The van der Waals surface area contributed by atoms with E-state index in [1.54, 1.807) is 17.0 Å². The van der Waals surface area contributed by atoms with Crippen LogP contribution in [-0.4, -0.2) is 29.9 Å². The molecule has 16 heavy (non-hydrogen) atoms. The molecule has 4 nitrogen and oxygen atoms in total. The van der Waals surface area contributed by atoms with Crippen molar-refractivity contribution < 1.29 is 9.21 Å². The highest BCUT2D eigenvalue weighted by atomic mass is 35.5. The van der Waals surface area contributed by atoms with Gasteiger partial charge in [-0.2, -0.15) is 0 Å². The molecule has 0 spiro atoms. The maximum atomic E-state index is 11.9. The van der Waals surface area contributed by atoms with Gasteiger partial charge in [-0.05, 0) is 31.9 Å². The fraction of sp³-hybridized carbons (Fsp3) is 0.545. The number of likely N-dealkylation sites (tertiary alicyclic amines) is 1. The molecule has 0 aliphatic carbocycles. The van der Waals surface area contributed by atoms with Gasteiger partial charge in [0.2, 0.25) is 0 Å². The lowest BCUT2D eigenvalue weighted by Gasteiger charge is -2.30. The zero-order chi connectivity index (χ0) is 10.8. The third-order valence-corrected chi connectivity index (χ3v) is 2.70. The van der Waals surface area contributed by atoms with Crippen molar-refractivity contribution >= 4 is 18.3 Å². The van der Waals surface area contributed by atoms with Crippen molar-refractivity contribution in [2.24, 2.45) is 5.73 Å². The van der Waals surface area contributed by atoms with Crippen LogP contribution in [0.5, 0.6) is 0 Å². The van der Waals surface area contributed by atoms with E-state index in [0.29, 0.717) is 12.3 Å². The summed E-state index contributed by atoms with van der Waals surface area (Å²) in [5.74, 6) is 1.14. The van der Waals surface area contributed by atoms with E-state index in [1.807, 2.05) is 6.92 Å². The Hall–Kier alpha value is -1.00. The van der Waals surface area contributed by atoms with Gasteiger partial charge < -0.3 is 15.1 Å². The molecule has 1 aromatic rings. The van der Waals surface area contributed by atoms with Crippen molar-refractivity contribution in [2.45, 2.75) is 25.8 Å². The van der Waals surface area contributed by atoms with Crippen LogP contribution in [0.2, 0.25) is 0 Å². The van der Waals surface area contributed by atoms with Gasteiger partial charge in [0.1, 0.15) is 5.76 Å². The van der Waals surface area contributed by atoms with Gasteiger partial charge in [0.05, 0.1) is 0 Å². The molecule has 2 rings (SSSR count). The fourth-order valence-electron chi connectivity index (χ4n) is 1.90. The van der Waals surface area contributed by atoms with Crippen LogP contribution in [-0.2, 0) is 0 Å². The molecule has 1 fully saturated rings. The maximum absolute atomic E-state index is 11.9. The third-order valence-electron chi connectivity index (χ3n) is 2.70. The quantitative estimate of drug-likeness (QED) is 0.816. The summed E-state index contributed by atoms with van der Waals surface area (Å²) in [6.07, 6.45) is 1.98. The van der Waals surface area contributed by atoms with E-state index in [1.165, 1.54) is 0 Å². The number of rotatable bonds is 1.